The van der Waals surface area contributed by atoms with Crippen LogP contribution in [0.2, 0.25) is 0 Å². The molecule has 32 heavy (non-hydrogen) atoms. The standard InChI is InChI=1S/C24H23N3O3S2/c28-23(25-15-6-16-32(29,30)20-7-2-1-3-8-20)19-13-11-18(12-14-19)17-31-24-26-21-9-4-5-10-22(21)27-24/h1-5,7-14H,6,15-17H2,(H,25,28)(H,26,27). The summed E-state index contributed by atoms with van der Waals surface area (Å²) in [4.78, 5) is 20.5. The Morgan fingerprint density at radius 1 is 0.938 bits per heavy atom. The number of hydrogen-bond donors (Lipinski definition) is 2. The van der Waals surface area contributed by atoms with Gasteiger partial charge in [-0.2, -0.15) is 0 Å². The molecule has 4 aromatic rings. The number of sulfone groups is 1. The van der Waals surface area contributed by atoms with Gasteiger partial charge in [0.25, 0.3) is 5.91 Å². The highest BCUT2D eigenvalue weighted by Crippen LogP contribution is 2.23. The first-order valence-corrected chi connectivity index (χ1v) is 12.9. The molecule has 0 aliphatic rings. The number of carbonyl (C=O) groups is 1. The normalized spacial score (nSPS) is 11.5. The Bertz CT molecular complexity index is 1270. The molecular weight excluding hydrogens is 442 g/mol. The van der Waals surface area contributed by atoms with Gasteiger partial charge in [-0.15, -0.1) is 0 Å². The number of H-pyrrole nitrogens is 1. The number of thioether (sulfide) groups is 1. The van der Waals surface area contributed by atoms with E-state index in [0.717, 1.165) is 27.5 Å². The fourth-order valence-electron chi connectivity index (χ4n) is 3.21. The van der Waals surface area contributed by atoms with Crippen LogP contribution in [0.15, 0.2) is 88.9 Å². The van der Waals surface area contributed by atoms with Crippen molar-refractivity contribution in [2.75, 3.05) is 12.3 Å². The lowest BCUT2D eigenvalue weighted by molar-refractivity contribution is 0.0953. The van der Waals surface area contributed by atoms with E-state index in [1.54, 1.807) is 54.2 Å². The molecule has 0 aliphatic carbocycles. The van der Waals surface area contributed by atoms with Gasteiger partial charge in [0.2, 0.25) is 0 Å². The van der Waals surface area contributed by atoms with Crippen LogP contribution < -0.4 is 5.32 Å². The molecule has 2 N–H and O–H groups in total. The molecule has 0 saturated heterocycles. The zero-order chi connectivity index (χ0) is 22.4. The van der Waals surface area contributed by atoms with Crippen LogP contribution in [0, 0.1) is 0 Å². The van der Waals surface area contributed by atoms with E-state index in [4.69, 9.17) is 0 Å². The van der Waals surface area contributed by atoms with E-state index in [0.29, 0.717) is 23.4 Å². The number of para-hydroxylation sites is 2. The first-order valence-electron chi connectivity index (χ1n) is 10.2. The van der Waals surface area contributed by atoms with Gasteiger partial charge < -0.3 is 10.3 Å². The SMILES string of the molecule is O=C(NCCCS(=O)(=O)c1ccccc1)c1ccc(CSc2nc3ccccc3[nH]2)cc1. The van der Waals surface area contributed by atoms with Crippen molar-refractivity contribution in [3.05, 3.63) is 90.0 Å². The molecule has 1 heterocycles. The number of nitrogens with zero attached hydrogens (tertiary/aromatic N) is 1. The maximum Gasteiger partial charge on any atom is 0.251 e. The van der Waals surface area contributed by atoms with Crippen LogP contribution in [0.3, 0.4) is 0 Å². The van der Waals surface area contributed by atoms with E-state index in [-0.39, 0.29) is 11.7 Å². The Kier molecular flexibility index (Phi) is 6.92. The van der Waals surface area contributed by atoms with Crippen molar-refractivity contribution in [2.45, 2.75) is 22.2 Å². The Labute approximate surface area is 191 Å². The largest absolute Gasteiger partial charge is 0.352 e. The minimum atomic E-state index is -3.33. The number of benzene rings is 3. The third kappa shape index (κ3) is 5.57. The van der Waals surface area contributed by atoms with Crippen LogP contribution in [0.1, 0.15) is 22.3 Å². The fourth-order valence-corrected chi connectivity index (χ4v) is 5.39. The number of amides is 1. The molecular formula is C24H23N3O3S2. The van der Waals surface area contributed by atoms with E-state index in [2.05, 4.69) is 15.3 Å². The molecule has 1 aromatic heterocycles. The highest BCUT2D eigenvalue weighted by Gasteiger charge is 2.13. The predicted octanol–water partition coefficient (Wildman–Crippen LogP) is 4.45. The molecule has 0 spiro atoms. The van der Waals surface area contributed by atoms with Gasteiger partial charge in [0.1, 0.15) is 0 Å². The van der Waals surface area contributed by atoms with Gasteiger partial charge in [-0.05, 0) is 48.4 Å². The van der Waals surface area contributed by atoms with Gasteiger partial charge in [0.15, 0.2) is 15.0 Å². The summed E-state index contributed by atoms with van der Waals surface area (Å²) in [5.74, 6) is 0.521. The smallest absolute Gasteiger partial charge is 0.251 e. The Hall–Kier alpha value is -3.10. The second kappa shape index (κ2) is 10.0. The number of hydrogen-bond acceptors (Lipinski definition) is 5. The molecule has 4 rings (SSSR count). The maximum absolute atomic E-state index is 12.3. The van der Waals surface area contributed by atoms with E-state index in [9.17, 15) is 13.2 Å². The number of imidazole rings is 1. The highest BCUT2D eigenvalue weighted by molar-refractivity contribution is 7.98. The van der Waals surface area contributed by atoms with Crippen LogP contribution in [-0.4, -0.2) is 36.6 Å². The number of aromatic nitrogens is 2. The molecule has 0 aliphatic heterocycles. The van der Waals surface area contributed by atoms with Crippen molar-refractivity contribution < 1.29 is 13.2 Å². The second-order valence-electron chi connectivity index (χ2n) is 7.29. The summed E-state index contributed by atoms with van der Waals surface area (Å²) in [5.41, 5.74) is 3.59. The molecule has 164 valence electrons. The van der Waals surface area contributed by atoms with Crippen LogP contribution in [-0.2, 0) is 15.6 Å². The zero-order valence-corrected chi connectivity index (χ0v) is 19.0. The molecule has 0 saturated carbocycles. The Balaban J connectivity index is 1.24. The third-order valence-corrected chi connectivity index (χ3v) is 7.70. The van der Waals surface area contributed by atoms with Gasteiger partial charge in [-0.3, -0.25) is 4.79 Å². The van der Waals surface area contributed by atoms with E-state index in [1.807, 2.05) is 36.4 Å². The summed E-state index contributed by atoms with van der Waals surface area (Å²) in [5, 5.41) is 3.65. The molecule has 1 amide bonds. The van der Waals surface area contributed by atoms with Crippen molar-refractivity contribution in [2.24, 2.45) is 0 Å². The summed E-state index contributed by atoms with van der Waals surface area (Å²) < 4.78 is 24.6. The van der Waals surface area contributed by atoms with E-state index < -0.39 is 9.84 Å². The van der Waals surface area contributed by atoms with Crippen molar-refractivity contribution >= 4 is 38.5 Å². The summed E-state index contributed by atoms with van der Waals surface area (Å²) in [6.07, 6.45) is 0.356. The molecule has 6 nitrogen and oxygen atoms in total. The highest BCUT2D eigenvalue weighted by atomic mass is 32.2. The van der Waals surface area contributed by atoms with Crippen molar-refractivity contribution in [3.8, 4) is 0 Å². The molecule has 3 aromatic carbocycles. The minimum absolute atomic E-state index is 0.00472. The average Bonchev–Trinajstić information content (AvgIpc) is 3.24. The van der Waals surface area contributed by atoms with Crippen LogP contribution in [0.4, 0.5) is 0 Å². The van der Waals surface area contributed by atoms with Crippen molar-refractivity contribution in [3.63, 3.8) is 0 Å². The second-order valence-corrected chi connectivity index (χ2v) is 10.4. The minimum Gasteiger partial charge on any atom is -0.352 e. The summed E-state index contributed by atoms with van der Waals surface area (Å²) in [6, 6.07) is 23.7. The topological polar surface area (TPSA) is 91.9 Å². The lowest BCUT2D eigenvalue weighted by Gasteiger charge is -2.07. The van der Waals surface area contributed by atoms with Crippen molar-refractivity contribution in [1.82, 2.24) is 15.3 Å². The fraction of sp³-hybridized carbons (Fsp3) is 0.167. The predicted molar refractivity (Wildman–Crippen MR) is 128 cm³/mol. The molecule has 0 atom stereocenters. The summed E-state index contributed by atoms with van der Waals surface area (Å²) in [7, 11) is -3.33. The number of carbonyl (C=O) groups excluding carboxylic acids is 1. The van der Waals surface area contributed by atoms with E-state index in [1.165, 1.54) is 0 Å². The number of aromatic amines is 1. The van der Waals surface area contributed by atoms with Crippen LogP contribution >= 0.6 is 11.8 Å². The summed E-state index contributed by atoms with van der Waals surface area (Å²) in [6.45, 7) is 0.300. The van der Waals surface area contributed by atoms with Gasteiger partial charge in [-0.1, -0.05) is 54.2 Å². The maximum atomic E-state index is 12.3. The lowest BCUT2D eigenvalue weighted by atomic mass is 10.1. The van der Waals surface area contributed by atoms with Crippen LogP contribution in [0.25, 0.3) is 11.0 Å². The number of nitrogens with one attached hydrogen (secondary N) is 2. The van der Waals surface area contributed by atoms with Gasteiger partial charge >= 0.3 is 0 Å². The van der Waals surface area contributed by atoms with E-state index >= 15 is 0 Å². The molecule has 0 bridgehead atoms. The Morgan fingerprint density at radius 2 is 1.66 bits per heavy atom. The quantitative estimate of drug-likeness (QED) is 0.281. The summed E-state index contributed by atoms with van der Waals surface area (Å²) >= 11 is 1.61. The Morgan fingerprint density at radius 3 is 2.41 bits per heavy atom. The van der Waals surface area contributed by atoms with Gasteiger partial charge in [0.05, 0.1) is 21.7 Å². The molecule has 0 fully saturated rings. The van der Waals surface area contributed by atoms with Gasteiger partial charge in [0, 0.05) is 17.9 Å². The molecule has 0 radical (unpaired) electrons. The first kappa shape index (κ1) is 22.1. The average molecular weight is 466 g/mol. The monoisotopic (exact) mass is 465 g/mol. The van der Waals surface area contributed by atoms with Gasteiger partial charge in [-0.25, -0.2) is 13.4 Å². The lowest BCUT2D eigenvalue weighted by Crippen LogP contribution is -2.26. The van der Waals surface area contributed by atoms with Crippen LogP contribution in [0.5, 0.6) is 0 Å². The zero-order valence-electron chi connectivity index (χ0n) is 17.3. The number of rotatable bonds is 9. The molecule has 0 unspecified atom stereocenters. The number of fused-ring (bicyclic) bond motifs is 1. The van der Waals surface area contributed by atoms with Crippen molar-refractivity contribution in [1.29, 1.82) is 0 Å². The third-order valence-electron chi connectivity index (χ3n) is 4.94. The first-order chi connectivity index (χ1) is 15.5. The molecule has 8 heteroatoms.